The molecule has 3 rings (SSSR count). The fourth-order valence-electron chi connectivity index (χ4n) is 3.19. The van der Waals surface area contributed by atoms with Gasteiger partial charge >= 0.3 is 0 Å². The molecule has 2 aromatic carbocycles. The van der Waals surface area contributed by atoms with E-state index in [9.17, 15) is 5.11 Å². The van der Waals surface area contributed by atoms with Crippen LogP contribution in [0.1, 0.15) is 26.0 Å². The second-order valence-electron chi connectivity index (χ2n) is 6.10. The Labute approximate surface area is 150 Å². The lowest BCUT2D eigenvalue weighted by Gasteiger charge is -2.40. The molecule has 0 amide bonds. The summed E-state index contributed by atoms with van der Waals surface area (Å²) in [4.78, 5) is 4.71. The van der Waals surface area contributed by atoms with Crippen molar-refractivity contribution in [3.8, 4) is 0 Å². The first-order valence-electron chi connectivity index (χ1n) is 8.13. The summed E-state index contributed by atoms with van der Waals surface area (Å²) in [5.41, 5.74) is 2.16. The van der Waals surface area contributed by atoms with Crippen molar-refractivity contribution in [3.05, 3.63) is 65.2 Å². The second-order valence-corrected chi connectivity index (χ2v) is 6.54. The van der Waals surface area contributed by atoms with Crippen LogP contribution < -0.4 is 4.90 Å². The normalized spacial score (nSPS) is 17.9. The zero-order chi connectivity index (χ0) is 16.2. The number of benzene rings is 2. The van der Waals surface area contributed by atoms with Crippen molar-refractivity contribution in [2.24, 2.45) is 0 Å². The highest BCUT2D eigenvalue weighted by Crippen LogP contribution is 2.24. The number of aliphatic hydroxyl groups excluding tert-OH is 1. The summed E-state index contributed by atoms with van der Waals surface area (Å²) >= 11 is 6.08. The van der Waals surface area contributed by atoms with Crippen molar-refractivity contribution in [1.82, 2.24) is 4.90 Å². The van der Waals surface area contributed by atoms with E-state index in [-0.39, 0.29) is 13.5 Å². The number of hydrogen-bond donors (Lipinski definition) is 1. The van der Waals surface area contributed by atoms with Crippen LogP contribution in [-0.4, -0.2) is 42.2 Å². The molecule has 1 aliphatic heterocycles. The van der Waals surface area contributed by atoms with E-state index in [4.69, 9.17) is 11.6 Å². The number of piperazine rings is 1. The van der Waals surface area contributed by atoms with Crippen LogP contribution in [0.4, 0.5) is 5.69 Å². The molecule has 0 spiro atoms. The van der Waals surface area contributed by atoms with Gasteiger partial charge in [-0.2, -0.15) is 0 Å². The maximum absolute atomic E-state index is 10.6. The van der Waals surface area contributed by atoms with Crippen molar-refractivity contribution in [2.75, 3.05) is 31.1 Å². The molecule has 0 saturated carbocycles. The molecule has 2 atom stereocenters. The molecule has 1 heterocycles. The van der Waals surface area contributed by atoms with Gasteiger partial charge in [-0.25, -0.2) is 0 Å². The summed E-state index contributed by atoms with van der Waals surface area (Å²) in [5.74, 6) is 0. The van der Waals surface area contributed by atoms with Crippen molar-refractivity contribution in [1.29, 1.82) is 0 Å². The van der Waals surface area contributed by atoms with Gasteiger partial charge in [-0.1, -0.05) is 55.4 Å². The van der Waals surface area contributed by atoms with E-state index in [1.807, 2.05) is 48.5 Å². The van der Waals surface area contributed by atoms with Gasteiger partial charge < -0.3 is 10.0 Å². The Bertz CT molecular complexity index is 627. The molecule has 0 radical (unpaired) electrons. The molecule has 1 aliphatic rings. The van der Waals surface area contributed by atoms with Crippen LogP contribution in [0, 0.1) is 0 Å². The predicted molar refractivity (Wildman–Crippen MR) is 103 cm³/mol. The van der Waals surface area contributed by atoms with E-state index in [0.29, 0.717) is 0 Å². The van der Waals surface area contributed by atoms with Gasteiger partial charge in [0.1, 0.15) is 0 Å². The summed E-state index contributed by atoms with van der Waals surface area (Å²) in [6.45, 7) is 5.89. The molecular formula is C20H27ClN2O. The van der Waals surface area contributed by atoms with Gasteiger partial charge in [0, 0.05) is 42.9 Å². The summed E-state index contributed by atoms with van der Waals surface area (Å²) < 4.78 is 0. The van der Waals surface area contributed by atoms with Gasteiger partial charge in [-0.05, 0) is 30.7 Å². The Hall–Kier alpha value is -1.55. The van der Waals surface area contributed by atoms with E-state index >= 15 is 0 Å². The summed E-state index contributed by atoms with van der Waals surface area (Å²) in [5, 5.41) is 11.4. The molecule has 0 aliphatic carbocycles. The highest BCUT2D eigenvalue weighted by Gasteiger charge is 2.26. The standard InChI is InChI=1S/C19H23ClN2O.CH4/c1-15(19(23)16-6-3-2-4-7-16)21-10-12-22(13-11-21)18-9-5-8-17(20)14-18;/h2-9,14-15,19,23H,10-13H2,1H3;1H4. The molecule has 3 nitrogen and oxygen atoms in total. The van der Waals surface area contributed by atoms with E-state index in [2.05, 4.69) is 22.8 Å². The van der Waals surface area contributed by atoms with Gasteiger partial charge in [0.15, 0.2) is 0 Å². The minimum atomic E-state index is -0.450. The van der Waals surface area contributed by atoms with Crippen LogP contribution in [-0.2, 0) is 0 Å². The highest BCUT2D eigenvalue weighted by atomic mass is 35.5. The topological polar surface area (TPSA) is 26.7 Å². The molecule has 2 unspecified atom stereocenters. The molecule has 0 aromatic heterocycles. The maximum atomic E-state index is 10.6. The number of hydrogen-bond acceptors (Lipinski definition) is 3. The molecule has 24 heavy (non-hydrogen) atoms. The van der Waals surface area contributed by atoms with Gasteiger partial charge in [-0.15, -0.1) is 0 Å². The molecule has 1 N–H and O–H groups in total. The van der Waals surface area contributed by atoms with Crippen LogP contribution >= 0.6 is 11.6 Å². The average Bonchev–Trinajstić information content (AvgIpc) is 2.61. The fraction of sp³-hybridized carbons (Fsp3) is 0.400. The molecule has 0 bridgehead atoms. The van der Waals surface area contributed by atoms with E-state index in [0.717, 1.165) is 36.8 Å². The minimum absolute atomic E-state index is 0. The number of aliphatic hydroxyl groups is 1. The van der Waals surface area contributed by atoms with Crippen LogP contribution in [0.5, 0.6) is 0 Å². The van der Waals surface area contributed by atoms with Gasteiger partial charge in [0.2, 0.25) is 0 Å². The van der Waals surface area contributed by atoms with Crippen molar-refractivity contribution in [2.45, 2.75) is 26.5 Å². The van der Waals surface area contributed by atoms with Crippen LogP contribution in [0.3, 0.4) is 0 Å². The third-order valence-corrected chi connectivity index (χ3v) is 4.90. The zero-order valence-electron chi connectivity index (χ0n) is 13.4. The number of nitrogens with zero attached hydrogens (tertiary/aromatic N) is 2. The van der Waals surface area contributed by atoms with Crippen LogP contribution in [0.25, 0.3) is 0 Å². The molecule has 1 fully saturated rings. The molecular weight excluding hydrogens is 320 g/mol. The molecule has 4 heteroatoms. The summed E-state index contributed by atoms with van der Waals surface area (Å²) in [6, 6.07) is 18.0. The number of anilines is 1. The minimum Gasteiger partial charge on any atom is -0.387 e. The predicted octanol–water partition coefficient (Wildman–Crippen LogP) is 4.22. The molecule has 1 saturated heterocycles. The van der Waals surface area contributed by atoms with Gasteiger partial charge in [0.05, 0.1) is 6.10 Å². The summed E-state index contributed by atoms with van der Waals surface area (Å²) in [7, 11) is 0. The lowest BCUT2D eigenvalue weighted by atomic mass is 10.0. The van der Waals surface area contributed by atoms with Crippen LogP contribution in [0.15, 0.2) is 54.6 Å². The Morgan fingerprint density at radius 1 is 0.958 bits per heavy atom. The first kappa shape index (κ1) is 18.8. The van der Waals surface area contributed by atoms with Gasteiger partial charge in [0.25, 0.3) is 0 Å². The van der Waals surface area contributed by atoms with Crippen molar-refractivity contribution < 1.29 is 5.11 Å². The average molecular weight is 347 g/mol. The van der Waals surface area contributed by atoms with Crippen molar-refractivity contribution in [3.63, 3.8) is 0 Å². The lowest BCUT2D eigenvalue weighted by Crippen LogP contribution is -2.51. The van der Waals surface area contributed by atoms with Gasteiger partial charge in [-0.3, -0.25) is 4.90 Å². The lowest BCUT2D eigenvalue weighted by molar-refractivity contribution is 0.0546. The monoisotopic (exact) mass is 346 g/mol. The smallest absolute Gasteiger partial charge is 0.0942 e. The first-order valence-corrected chi connectivity index (χ1v) is 8.50. The first-order chi connectivity index (χ1) is 11.1. The summed E-state index contributed by atoms with van der Waals surface area (Å²) in [6.07, 6.45) is -0.450. The van der Waals surface area contributed by atoms with Crippen molar-refractivity contribution >= 4 is 17.3 Å². The quantitative estimate of drug-likeness (QED) is 0.897. The van der Waals surface area contributed by atoms with E-state index < -0.39 is 6.10 Å². The fourth-order valence-corrected chi connectivity index (χ4v) is 3.37. The zero-order valence-corrected chi connectivity index (χ0v) is 14.2. The molecule has 2 aromatic rings. The number of rotatable bonds is 4. The third-order valence-electron chi connectivity index (χ3n) is 4.66. The maximum Gasteiger partial charge on any atom is 0.0942 e. The Balaban J connectivity index is 0.00000208. The third kappa shape index (κ3) is 4.29. The highest BCUT2D eigenvalue weighted by molar-refractivity contribution is 6.30. The van der Waals surface area contributed by atoms with E-state index in [1.165, 1.54) is 5.69 Å². The Morgan fingerprint density at radius 3 is 2.25 bits per heavy atom. The Kier molecular flexibility index (Phi) is 6.67. The molecule has 130 valence electrons. The van der Waals surface area contributed by atoms with E-state index in [1.54, 1.807) is 0 Å². The largest absolute Gasteiger partial charge is 0.387 e. The Morgan fingerprint density at radius 2 is 1.62 bits per heavy atom. The number of halogens is 1. The second kappa shape index (κ2) is 8.52. The van der Waals surface area contributed by atoms with Crippen LogP contribution in [0.2, 0.25) is 5.02 Å². The SMILES string of the molecule is C.CC(C(O)c1ccccc1)N1CCN(c2cccc(Cl)c2)CC1.